The van der Waals surface area contributed by atoms with Crippen LogP contribution >= 0.6 is 23.7 Å². The van der Waals surface area contributed by atoms with E-state index in [4.69, 9.17) is 4.74 Å². The van der Waals surface area contributed by atoms with Crippen molar-refractivity contribution in [1.82, 2.24) is 15.2 Å². The van der Waals surface area contributed by atoms with E-state index in [0.29, 0.717) is 12.6 Å². The molecular weight excluding hydrogens is 318 g/mol. The third-order valence-electron chi connectivity index (χ3n) is 3.54. The Labute approximate surface area is 141 Å². The van der Waals surface area contributed by atoms with Gasteiger partial charge in [0, 0.05) is 37.6 Å². The third-order valence-corrected chi connectivity index (χ3v) is 4.41. The van der Waals surface area contributed by atoms with Crippen molar-refractivity contribution in [3.8, 4) is 5.75 Å². The average Bonchev–Trinajstić information content (AvgIpc) is 2.94. The smallest absolute Gasteiger partial charge is 0.140 e. The lowest BCUT2D eigenvalue weighted by molar-refractivity contribution is 0.197. The van der Waals surface area contributed by atoms with Crippen molar-refractivity contribution in [3.63, 3.8) is 0 Å². The minimum Gasteiger partial charge on any atom is -0.486 e. The summed E-state index contributed by atoms with van der Waals surface area (Å²) in [6.07, 6.45) is 0. The van der Waals surface area contributed by atoms with Gasteiger partial charge in [0.15, 0.2) is 0 Å². The topological polar surface area (TPSA) is 37.4 Å². The van der Waals surface area contributed by atoms with Crippen LogP contribution in [0.25, 0.3) is 0 Å². The first-order valence-electron chi connectivity index (χ1n) is 7.36. The summed E-state index contributed by atoms with van der Waals surface area (Å²) in [6.45, 7) is 6.97. The average molecular weight is 340 g/mol. The fraction of sp³-hybridized carbons (Fsp3) is 0.438. The molecule has 0 aliphatic carbocycles. The predicted molar refractivity (Wildman–Crippen MR) is 92.9 cm³/mol. The number of hydrogen-bond acceptors (Lipinski definition) is 5. The zero-order valence-corrected chi connectivity index (χ0v) is 14.3. The van der Waals surface area contributed by atoms with Gasteiger partial charge < -0.3 is 10.1 Å². The van der Waals surface area contributed by atoms with Crippen molar-refractivity contribution in [3.05, 3.63) is 46.4 Å². The number of nitrogens with zero attached hydrogens (tertiary/aromatic N) is 2. The second-order valence-electron chi connectivity index (χ2n) is 5.42. The first-order chi connectivity index (χ1) is 10.3. The molecular formula is C16H22ClN3OS. The van der Waals surface area contributed by atoms with Crippen LogP contribution in [0, 0.1) is 0 Å². The molecule has 0 saturated carbocycles. The Morgan fingerprint density at radius 2 is 2.18 bits per heavy atom. The predicted octanol–water partition coefficient (Wildman–Crippen LogP) is 2.94. The van der Waals surface area contributed by atoms with Gasteiger partial charge in [0.25, 0.3) is 0 Å². The third kappa shape index (κ3) is 4.95. The molecule has 4 nitrogen and oxygen atoms in total. The van der Waals surface area contributed by atoms with Crippen LogP contribution in [0.3, 0.4) is 0 Å². The molecule has 1 saturated heterocycles. The Hall–Kier alpha value is -1.14. The highest BCUT2D eigenvalue weighted by Crippen LogP contribution is 2.16. The number of nitrogens with one attached hydrogen (secondary N) is 1. The number of benzene rings is 1. The quantitative estimate of drug-likeness (QED) is 0.908. The summed E-state index contributed by atoms with van der Waals surface area (Å²) >= 11 is 1.68. The number of aromatic nitrogens is 1. The van der Waals surface area contributed by atoms with Crippen LogP contribution in [0.15, 0.2) is 35.7 Å². The highest BCUT2D eigenvalue weighted by molar-refractivity contribution is 7.09. The normalized spacial score (nSPS) is 18.7. The molecule has 1 N–H and O–H groups in total. The van der Waals surface area contributed by atoms with Crippen molar-refractivity contribution in [1.29, 1.82) is 0 Å². The van der Waals surface area contributed by atoms with Gasteiger partial charge in [-0.15, -0.1) is 23.7 Å². The van der Waals surface area contributed by atoms with Crippen molar-refractivity contribution in [2.24, 2.45) is 0 Å². The summed E-state index contributed by atoms with van der Waals surface area (Å²) in [5, 5.41) is 6.65. The maximum Gasteiger partial charge on any atom is 0.140 e. The standard InChI is InChI=1S/C16H21N3OS.ClH/c1-13-9-19(8-7-17-13)10-14-12-21-16(18-14)11-20-15-5-3-2-4-6-15;/h2-6,12-13,17H,7-11H2,1H3;1H. The fourth-order valence-electron chi connectivity index (χ4n) is 2.53. The summed E-state index contributed by atoms with van der Waals surface area (Å²) in [5.41, 5.74) is 1.15. The van der Waals surface area contributed by atoms with Gasteiger partial charge in [-0.2, -0.15) is 0 Å². The lowest BCUT2D eigenvalue weighted by Crippen LogP contribution is -2.48. The van der Waals surface area contributed by atoms with Crippen LogP contribution in [0.4, 0.5) is 0 Å². The monoisotopic (exact) mass is 339 g/mol. The maximum absolute atomic E-state index is 5.74. The first-order valence-corrected chi connectivity index (χ1v) is 8.24. The summed E-state index contributed by atoms with van der Waals surface area (Å²) in [4.78, 5) is 7.13. The molecule has 1 aromatic heterocycles. The van der Waals surface area contributed by atoms with E-state index >= 15 is 0 Å². The van der Waals surface area contributed by atoms with E-state index in [1.807, 2.05) is 30.3 Å². The molecule has 1 unspecified atom stereocenters. The van der Waals surface area contributed by atoms with E-state index in [1.54, 1.807) is 11.3 Å². The number of halogens is 1. The molecule has 2 aromatic rings. The molecule has 0 amide bonds. The van der Waals surface area contributed by atoms with Crippen LogP contribution in [0.5, 0.6) is 5.75 Å². The number of para-hydroxylation sites is 1. The fourth-order valence-corrected chi connectivity index (χ4v) is 3.23. The van der Waals surface area contributed by atoms with Gasteiger partial charge in [-0.05, 0) is 19.1 Å². The van der Waals surface area contributed by atoms with E-state index in [-0.39, 0.29) is 12.4 Å². The van der Waals surface area contributed by atoms with Crippen molar-refractivity contribution in [2.75, 3.05) is 19.6 Å². The van der Waals surface area contributed by atoms with Gasteiger partial charge in [-0.1, -0.05) is 18.2 Å². The summed E-state index contributed by atoms with van der Waals surface area (Å²) in [5.74, 6) is 0.894. The van der Waals surface area contributed by atoms with Gasteiger partial charge in [0.2, 0.25) is 0 Å². The largest absolute Gasteiger partial charge is 0.486 e. The van der Waals surface area contributed by atoms with Crippen LogP contribution in [0.1, 0.15) is 17.6 Å². The van der Waals surface area contributed by atoms with Crippen molar-refractivity contribution >= 4 is 23.7 Å². The molecule has 1 aliphatic heterocycles. The lowest BCUT2D eigenvalue weighted by atomic mass is 10.2. The summed E-state index contributed by atoms with van der Waals surface area (Å²) in [6, 6.07) is 10.5. The van der Waals surface area contributed by atoms with E-state index in [0.717, 1.165) is 42.6 Å². The number of piperazine rings is 1. The first kappa shape index (κ1) is 17.2. The van der Waals surface area contributed by atoms with Gasteiger partial charge in [-0.3, -0.25) is 4.90 Å². The Balaban J connectivity index is 0.00000176. The molecule has 0 spiro atoms. The highest BCUT2D eigenvalue weighted by Gasteiger charge is 2.16. The SMILES string of the molecule is CC1CN(Cc2csc(COc3ccccc3)n2)CCN1.Cl. The summed E-state index contributed by atoms with van der Waals surface area (Å²) in [7, 11) is 0. The molecule has 1 atom stereocenters. The second-order valence-corrected chi connectivity index (χ2v) is 6.37. The van der Waals surface area contributed by atoms with E-state index < -0.39 is 0 Å². The van der Waals surface area contributed by atoms with Crippen LogP contribution < -0.4 is 10.1 Å². The maximum atomic E-state index is 5.74. The molecule has 1 aliphatic rings. The van der Waals surface area contributed by atoms with E-state index in [9.17, 15) is 0 Å². The number of ether oxygens (including phenoxy) is 1. The molecule has 3 rings (SSSR count). The van der Waals surface area contributed by atoms with Gasteiger partial charge in [0.05, 0.1) is 5.69 Å². The van der Waals surface area contributed by atoms with E-state index in [2.05, 4.69) is 27.5 Å². The Morgan fingerprint density at radius 3 is 2.95 bits per heavy atom. The van der Waals surface area contributed by atoms with Crippen molar-refractivity contribution in [2.45, 2.75) is 26.1 Å². The molecule has 120 valence electrons. The molecule has 6 heteroatoms. The number of hydrogen-bond donors (Lipinski definition) is 1. The Bertz CT molecular complexity index is 564. The molecule has 0 radical (unpaired) electrons. The Morgan fingerprint density at radius 1 is 1.36 bits per heavy atom. The molecule has 1 aromatic carbocycles. The van der Waals surface area contributed by atoms with Crippen molar-refractivity contribution < 1.29 is 4.74 Å². The van der Waals surface area contributed by atoms with Crippen LogP contribution in [0.2, 0.25) is 0 Å². The molecule has 0 bridgehead atoms. The second kappa shape index (κ2) is 8.48. The lowest BCUT2D eigenvalue weighted by Gasteiger charge is -2.31. The number of rotatable bonds is 5. The zero-order valence-electron chi connectivity index (χ0n) is 12.7. The Kier molecular flexibility index (Phi) is 6.64. The van der Waals surface area contributed by atoms with Crippen LogP contribution in [-0.4, -0.2) is 35.6 Å². The minimum absolute atomic E-state index is 0. The van der Waals surface area contributed by atoms with Gasteiger partial charge >= 0.3 is 0 Å². The highest BCUT2D eigenvalue weighted by atomic mass is 35.5. The summed E-state index contributed by atoms with van der Waals surface area (Å²) < 4.78 is 5.74. The molecule has 2 heterocycles. The minimum atomic E-state index is 0. The zero-order chi connectivity index (χ0) is 14.5. The number of thiazole rings is 1. The van der Waals surface area contributed by atoms with E-state index in [1.165, 1.54) is 0 Å². The molecule has 22 heavy (non-hydrogen) atoms. The van der Waals surface area contributed by atoms with Gasteiger partial charge in [0.1, 0.15) is 17.4 Å². The van der Waals surface area contributed by atoms with Crippen LogP contribution in [-0.2, 0) is 13.2 Å². The van der Waals surface area contributed by atoms with Gasteiger partial charge in [-0.25, -0.2) is 4.98 Å². The molecule has 1 fully saturated rings.